The summed E-state index contributed by atoms with van der Waals surface area (Å²) < 4.78 is 3.54. The number of hydrogen-bond donors (Lipinski definition) is 0. The zero-order valence-corrected chi connectivity index (χ0v) is 13.3. The molecular weight excluding hydrogens is 307 g/mol. The summed E-state index contributed by atoms with van der Waals surface area (Å²) in [4.78, 5) is 11.7. The molecule has 19 heavy (non-hydrogen) atoms. The normalized spacial score (nSPS) is 30.1. The van der Waals surface area contributed by atoms with Crippen LogP contribution < -0.4 is 0 Å². The molecular formula is C14H21Cl3O2. The standard InChI is InChI=1S/C14H21Cl3O2/c15-14(16,17)13(18)19-12-9-5-4-8-11(12)10-6-2-1-3-7-10/h10-12H,1-9H2/t11-,12-/m0/s1. The molecule has 110 valence electrons. The van der Waals surface area contributed by atoms with E-state index >= 15 is 0 Å². The minimum atomic E-state index is -1.95. The summed E-state index contributed by atoms with van der Waals surface area (Å²) in [7, 11) is 0. The first-order chi connectivity index (χ1) is 8.98. The number of hydrogen-bond acceptors (Lipinski definition) is 2. The summed E-state index contributed by atoms with van der Waals surface area (Å²) in [5.74, 6) is 0.429. The molecule has 2 rings (SSSR count). The van der Waals surface area contributed by atoms with Crippen LogP contribution in [0.1, 0.15) is 57.8 Å². The fourth-order valence-corrected chi connectivity index (χ4v) is 3.71. The zero-order chi connectivity index (χ0) is 13.9. The van der Waals surface area contributed by atoms with E-state index in [1.54, 1.807) is 0 Å². The van der Waals surface area contributed by atoms with Crippen LogP contribution in [0.25, 0.3) is 0 Å². The summed E-state index contributed by atoms with van der Waals surface area (Å²) in [5, 5.41) is 0. The Labute approximate surface area is 130 Å². The highest BCUT2D eigenvalue weighted by Gasteiger charge is 2.39. The number of esters is 1. The number of carbonyl (C=O) groups is 1. The Kier molecular flexibility index (Phi) is 5.68. The van der Waals surface area contributed by atoms with Crippen LogP contribution in [-0.2, 0) is 9.53 Å². The molecule has 0 unspecified atom stereocenters. The van der Waals surface area contributed by atoms with Gasteiger partial charge in [-0.15, -0.1) is 0 Å². The minimum Gasteiger partial charge on any atom is -0.459 e. The largest absolute Gasteiger partial charge is 0.459 e. The summed E-state index contributed by atoms with van der Waals surface area (Å²) >= 11 is 16.8. The Morgan fingerprint density at radius 3 is 2.11 bits per heavy atom. The van der Waals surface area contributed by atoms with Gasteiger partial charge in [0.05, 0.1) is 0 Å². The monoisotopic (exact) mass is 326 g/mol. The van der Waals surface area contributed by atoms with E-state index < -0.39 is 9.76 Å². The van der Waals surface area contributed by atoms with Crippen molar-refractivity contribution in [2.24, 2.45) is 11.8 Å². The van der Waals surface area contributed by atoms with Gasteiger partial charge in [0.2, 0.25) is 0 Å². The average Bonchev–Trinajstić information content (AvgIpc) is 2.39. The molecule has 5 heteroatoms. The smallest absolute Gasteiger partial charge is 0.358 e. The number of ether oxygens (including phenoxy) is 1. The van der Waals surface area contributed by atoms with Gasteiger partial charge in [0, 0.05) is 0 Å². The van der Waals surface area contributed by atoms with E-state index in [1.165, 1.54) is 38.5 Å². The van der Waals surface area contributed by atoms with Crippen molar-refractivity contribution < 1.29 is 9.53 Å². The third kappa shape index (κ3) is 4.41. The van der Waals surface area contributed by atoms with Gasteiger partial charge in [0.1, 0.15) is 6.10 Å². The summed E-state index contributed by atoms with van der Waals surface area (Å²) in [6, 6.07) is 0. The Morgan fingerprint density at radius 1 is 0.895 bits per heavy atom. The van der Waals surface area contributed by atoms with Crippen LogP contribution in [0.4, 0.5) is 0 Å². The van der Waals surface area contributed by atoms with Gasteiger partial charge >= 0.3 is 5.97 Å². The van der Waals surface area contributed by atoms with Gasteiger partial charge in [0.15, 0.2) is 0 Å². The lowest BCUT2D eigenvalue weighted by atomic mass is 9.72. The third-order valence-electron chi connectivity index (χ3n) is 4.50. The maximum absolute atomic E-state index is 11.7. The van der Waals surface area contributed by atoms with Crippen molar-refractivity contribution in [1.29, 1.82) is 0 Å². The molecule has 0 aliphatic heterocycles. The third-order valence-corrected chi connectivity index (χ3v) is 4.96. The lowest BCUT2D eigenvalue weighted by molar-refractivity contribution is -0.154. The van der Waals surface area contributed by atoms with E-state index in [9.17, 15) is 4.79 Å². The van der Waals surface area contributed by atoms with Crippen LogP contribution in [-0.4, -0.2) is 15.9 Å². The highest BCUT2D eigenvalue weighted by atomic mass is 35.6. The van der Waals surface area contributed by atoms with Gasteiger partial charge in [-0.3, -0.25) is 0 Å². The summed E-state index contributed by atoms with van der Waals surface area (Å²) in [5.41, 5.74) is 0. The molecule has 2 aliphatic carbocycles. The fraction of sp³-hybridized carbons (Fsp3) is 0.929. The molecule has 0 N–H and O–H groups in total. The fourth-order valence-electron chi connectivity index (χ4n) is 3.58. The van der Waals surface area contributed by atoms with Crippen LogP contribution >= 0.6 is 34.8 Å². The highest BCUT2D eigenvalue weighted by molar-refractivity contribution is 6.75. The van der Waals surface area contributed by atoms with Crippen LogP contribution in [0.5, 0.6) is 0 Å². The first-order valence-corrected chi connectivity index (χ1v) is 8.39. The van der Waals surface area contributed by atoms with Gasteiger partial charge in [-0.1, -0.05) is 73.3 Å². The van der Waals surface area contributed by atoms with E-state index in [-0.39, 0.29) is 6.10 Å². The molecule has 0 heterocycles. The van der Waals surface area contributed by atoms with Crippen molar-refractivity contribution in [3.05, 3.63) is 0 Å². The van der Waals surface area contributed by atoms with Gasteiger partial charge in [-0.2, -0.15) is 0 Å². The quantitative estimate of drug-likeness (QED) is 0.524. The highest BCUT2D eigenvalue weighted by Crippen LogP contribution is 2.40. The Balaban J connectivity index is 1.97. The van der Waals surface area contributed by atoms with Crippen molar-refractivity contribution in [1.82, 2.24) is 0 Å². The first-order valence-electron chi connectivity index (χ1n) is 7.26. The Bertz CT molecular complexity index is 308. The number of alkyl halides is 3. The van der Waals surface area contributed by atoms with E-state index in [2.05, 4.69) is 0 Å². The summed E-state index contributed by atoms with van der Waals surface area (Å²) in [6.07, 6.45) is 10.8. The van der Waals surface area contributed by atoms with Gasteiger partial charge < -0.3 is 4.74 Å². The predicted octanol–water partition coefficient (Wildman–Crippen LogP) is 5.04. The van der Waals surface area contributed by atoms with Crippen molar-refractivity contribution in [2.45, 2.75) is 67.7 Å². The van der Waals surface area contributed by atoms with Crippen LogP contribution in [0, 0.1) is 11.8 Å². The average molecular weight is 328 g/mol. The van der Waals surface area contributed by atoms with E-state index in [4.69, 9.17) is 39.5 Å². The number of halogens is 3. The van der Waals surface area contributed by atoms with Crippen molar-refractivity contribution in [2.75, 3.05) is 0 Å². The Morgan fingerprint density at radius 2 is 1.47 bits per heavy atom. The maximum Gasteiger partial charge on any atom is 0.358 e. The molecule has 2 nitrogen and oxygen atoms in total. The Hall–Kier alpha value is 0.340. The SMILES string of the molecule is O=C(O[C@H]1CCCC[C@H]1C1CCCCC1)C(Cl)(Cl)Cl. The molecule has 0 aromatic heterocycles. The molecule has 0 aromatic rings. The molecule has 2 atom stereocenters. The van der Waals surface area contributed by atoms with Crippen molar-refractivity contribution >= 4 is 40.8 Å². The number of carbonyl (C=O) groups excluding carboxylic acids is 1. The molecule has 0 spiro atoms. The molecule has 0 bridgehead atoms. The molecule has 2 fully saturated rings. The number of rotatable bonds is 2. The molecule has 2 aliphatic rings. The van der Waals surface area contributed by atoms with Crippen molar-refractivity contribution in [3.8, 4) is 0 Å². The van der Waals surface area contributed by atoms with E-state index in [0.29, 0.717) is 11.8 Å². The van der Waals surface area contributed by atoms with Gasteiger partial charge in [0.25, 0.3) is 3.79 Å². The van der Waals surface area contributed by atoms with Gasteiger partial charge in [-0.05, 0) is 31.1 Å². The molecule has 2 saturated carbocycles. The van der Waals surface area contributed by atoms with Crippen LogP contribution in [0.3, 0.4) is 0 Å². The minimum absolute atomic E-state index is 0.0556. The second-order valence-corrected chi connectivity index (χ2v) is 8.07. The summed E-state index contributed by atoms with van der Waals surface area (Å²) in [6.45, 7) is 0. The predicted molar refractivity (Wildman–Crippen MR) is 78.7 cm³/mol. The van der Waals surface area contributed by atoms with E-state index in [1.807, 2.05) is 0 Å². The molecule has 0 amide bonds. The topological polar surface area (TPSA) is 26.3 Å². The zero-order valence-electron chi connectivity index (χ0n) is 11.0. The second-order valence-electron chi connectivity index (χ2n) is 5.79. The molecule has 0 radical (unpaired) electrons. The molecule has 0 aromatic carbocycles. The van der Waals surface area contributed by atoms with Gasteiger partial charge in [-0.25, -0.2) is 4.79 Å². The van der Waals surface area contributed by atoms with Crippen LogP contribution in [0.2, 0.25) is 0 Å². The van der Waals surface area contributed by atoms with E-state index in [0.717, 1.165) is 19.3 Å². The lowest BCUT2D eigenvalue weighted by Crippen LogP contribution is -2.38. The molecule has 0 saturated heterocycles. The lowest BCUT2D eigenvalue weighted by Gasteiger charge is -2.38. The first kappa shape index (κ1) is 15.7. The van der Waals surface area contributed by atoms with Crippen molar-refractivity contribution in [3.63, 3.8) is 0 Å². The second kappa shape index (κ2) is 6.87. The maximum atomic E-state index is 11.7. The van der Waals surface area contributed by atoms with Crippen LogP contribution in [0.15, 0.2) is 0 Å².